The first-order valence-corrected chi connectivity index (χ1v) is 11.8. The van der Waals surface area contributed by atoms with E-state index in [0.717, 1.165) is 31.4 Å². The lowest BCUT2D eigenvalue weighted by molar-refractivity contribution is -0.133. The molecule has 31 heavy (non-hydrogen) atoms. The first kappa shape index (κ1) is 23.1. The number of aryl methyl sites for hydroxylation is 2. The standard InChI is InChI=1S/C26H37N3O2/c1-4-6-7-9-21-11-13-22(14-12-21)26(31)28(17-5-2)20-25(30)29(23-15-16-23)19-24-10-8-18-27(24)3/h8,10-14,18,23H,4-7,9,15-17,19-20H2,1-3H3. The molecule has 1 saturated carbocycles. The molecule has 2 aromatic rings. The minimum absolute atomic E-state index is 0.0432. The van der Waals surface area contributed by atoms with E-state index in [1.807, 2.05) is 43.3 Å². The monoisotopic (exact) mass is 423 g/mol. The van der Waals surface area contributed by atoms with Crippen LogP contribution in [0.4, 0.5) is 0 Å². The summed E-state index contributed by atoms with van der Waals surface area (Å²) in [7, 11) is 2.00. The van der Waals surface area contributed by atoms with Crippen LogP contribution >= 0.6 is 0 Å². The molecule has 1 fully saturated rings. The molecule has 0 N–H and O–H groups in total. The quantitative estimate of drug-likeness (QED) is 0.460. The van der Waals surface area contributed by atoms with E-state index in [4.69, 9.17) is 0 Å². The average Bonchev–Trinajstić information content (AvgIpc) is 3.53. The molecule has 168 valence electrons. The summed E-state index contributed by atoms with van der Waals surface area (Å²) in [5.74, 6) is -0.00777. The van der Waals surface area contributed by atoms with Crippen LogP contribution in [0, 0.1) is 0 Å². The molecule has 5 nitrogen and oxygen atoms in total. The summed E-state index contributed by atoms with van der Waals surface area (Å²) in [6.45, 7) is 5.59. The smallest absolute Gasteiger partial charge is 0.254 e. The summed E-state index contributed by atoms with van der Waals surface area (Å²) in [6, 6.07) is 12.3. The Morgan fingerprint density at radius 1 is 1.03 bits per heavy atom. The molecular formula is C26H37N3O2. The predicted molar refractivity (Wildman–Crippen MR) is 125 cm³/mol. The zero-order valence-electron chi connectivity index (χ0n) is 19.3. The highest BCUT2D eigenvalue weighted by atomic mass is 16.2. The van der Waals surface area contributed by atoms with E-state index in [0.29, 0.717) is 24.7 Å². The van der Waals surface area contributed by atoms with Gasteiger partial charge in [0.05, 0.1) is 6.54 Å². The van der Waals surface area contributed by atoms with Gasteiger partial charge in [-0.2, -0.15) is 0 Å². The summed E-state index contributed by atoms with van der Waals surface area (Å²) >= 11 is 0. The summed E-state index contributed by atoms with van der Waals surface area (Å²) < 4.78 is 2.06. The molecule has 1 aliphatic carbocycles. The molecule has 0 spiro atoms. The van der Waals surface area contributed by atoms with E-state index in [-0.39, 0.29) is 18.4 Å². The SMILES string of the molecule is CCCCCc1ccc(C(=O)N(CCC)CC(=O)N(Cc2cccn2C)C2CC2)cc1. The van der Waals surface area contributed by atoms with Crippen LogP contribution < -0.4 is 0 Å². The van der Waals surface area contributed by atoms with Gasteiger partial charge in [0, 0.05) is 37.1 Å². The molecule has 0 bridgehead atoms. The van der Waals surface area contributed by atoms with Gasteiger partial charge in [-0.3, -0.25) is 9.59 Å². The molecule has 0 atom stereocenters. The van der Waals surface area contributed by atoms with Crippen LogP contribution in [0.2, 0.25) is 0 Å². The Morgan fingerprint density at radius 2 is 1.77 bits per heavy atom. The van der Waals surface area contributed by atoms with Gasteiger partial charge < -0.3 is 14.4 Å². The Hall–Kier alpha value is -2.56. The maximum Gasteiger partial charge on any atom is 0.254 e. The zero-order valence-corrected chi connectivity index (χ0v) is 19.3. The molecule has 3 rings (SSSR count). The van der Waals surface area contributed by atoms with Crippen LogP contribution in [0.5, 0.6) is 0 Å². The van der Waals surface area contributed by atoms with Gasteiger partial charge in [0.2, 0.25) is 5.91 Å². The van der Waals surface area contributed by atoms with Gasteiger partial charge in [0.15, 0.2) is 0 Å². The van der Waals surface area contributed by atoms with E-state index in [1.165, 1.54) is 24.8 Å². The normalized spacial score (nSPS) is 13.3. The maximum absolute atomic E-state index is 13.2. The molecule has 1 aliphatic rings. The molecule has 2 amide bonds. The highest BCUT2D eigenvalue weighted by Crippen LogP contribution is 2.28. The van der Waals surface area contributed by atoms with Crippen molar-refractivity contribution in [1.29, 1.82) is 0 Å². The molecule has 1 heterocycles. The lowest BCUT2D eigenvalue weighted by atomic mass is 10.0. The van der Waals surface area contributed by atoms with Gasteiger partial charge in [-0.15, -0.1) is 0 Å². The lowest BCUT2D eigenvalue weighted by Crippen LogP contribution is -2.44. The van der Waals surface area contributed by atoms with E-state index in [2.05, 4.69) is 29.7 Å². The summed E-state index contributed by atoms with van der Waals surface area (Å²) in [5, 5.41) is 0. The molecule has 5 heteroatoms. The van der Waals surface area contributed by atoms with E-state index in [1.54, 1.807) is 4.90 Å². The first-order valence-electron chi connectivity index (χ1n) is 11.8. The van der Waals surface area contributed by atoms with Crippen LogP contribution in [0.1, 0.15) is 74.0 Å². The van der Waals surface area contributed by atoms with E-state index >= 15 is 0 Å². The van der Waals surface area contributed by atoms with Crippen molar-refractivity contribution in [3.63, 3.8) is 0 Å². The number of amides is 2. The molecule has 1 aromatic carbocycles. The Balaban J connectivity index is 1.65. The van der Waals surface area contributed by atoms with Gasteiger partial charge in [-0.1, -0.05) is 38.8 Å². The van der Waals surface area contributed by atoms with Crippen molar-refractivity contribution >= 4 is 11.8 Å². The number of aromatic nitrogens is 1. The van der Waals surface area contributed by atoms with Crippen LogP contribution in [0.25, 0.3) is 0 Å². The second kappa shape index (κ2) is 11.2. The molecule has 0 aliphatic heterocycles. The molecule has 0 radical (unpaired) electrons. The lowest BCUT2D eigenvalue weighted by Gasteiger charge is -2.28. The van der Waals surface area contributed by atoms with Crippen molar-refractivity contribution in [3.8, 4) is 0 Å². The van der Waals surface area contributed by atoms with Crippen molar-refractivity contribution in [3.05, 3.63) is 59.4 Å². The summed E-state index contributed by atoms with van der Waals surface area (Å²) in [5.41, 5.74) is 3.05. The fourth-order valence-corrected chi connectivity index (χ4v) is 3.99. The number of nitrogens with zero attached hydrogens (tertiary/aromatic N) is 3. The van der Waals surface area contributed by atoms with Crippen LogP contribution in [-0.2, 0) is 24.8 Å². The first-order chi connectivity index (χ1) is 15.0. The number of benzene rings is 1. The van der Waals surface area contributed by atoms with Crippen molar-refractivity contribution in [2.45, 2.75) is 71.4 Å². The highest BCUT2D eigenvalue weighted by molar-refractivity contribution is 5.96. The Bertz CT molecular complexity index is 852. The largest absolute Gasteiger partial charge is 0.353 e. The molecule has 0 saturated heterocycles. The number of carbonyl (C=O) groups is 2. The minimum atomic E-state index is -0.0510. The minimum Gasteiger partial charge on any atom is -0.353 e. The third-order valence-electron chi connectivity index (χ3n) is 6.07. The summed E-state index contributed by atoms with van der Waals surface area (Å²) in [4.78, 5) is 30.1. The molecule has 0 unspecified atom stereocenters. The third kappa shape index (κ3) is 6.46. The molecule has 1 aromatic heterocycles. The van der Waals surface area contributed by atoms with E-state index < -0.39 is 0 Å². The fourth-order valence-electron chi connectivity index (χ4n) is 3.99. The van der Waals surface area contributed by atoms with Gasteiger partial charge in [0.25, 0.3) is 5.91 Å². The van der Waals surface area contributed by atoms with Gasteiger partial charge in [-0.25, -0.2) is 0 Å². The Morgan fingerprint density at radius 3 is 2.35 bits per heavy atom. The van der Waals surface area contributed by atoms with Crippen molar-refractivity contribution in [2.75, 3.05) is 13.1 Å². The zero-order chi connectivity index (χ0) is 22.2. The third-order valence-corrected chi connectivity index (χ3v) is 6.07. The second-order valence-electron chi connectivity index (χ2n) is 8.74. The number of rotatable bonds is 12. The maximum atomic E-state index is 13.2. The topological polar surface area (TPSA) is 45.6 Å². The van der Waals surface area contributed by atoms with Gasteiger partial charge in [0.1, 0.15) is 6.54 Å². The van der Waals surface area contributed by atoms with Crippen molar-refractivity contribution < 1.29 is 9.59 Å². The average molecular weight is 424 g/mol. The highest BCUT2D eigenvalue weighted by Gasteiger charge is 2.34. The molecular weight excluding hydrogens is 386 g/mol. The van der Waals surface area contributed by atoms with Gasteiger partial charge in [-0.05, 0) is 61.9 Å². The van der Waals surface area contributed by atoms with E-state index in [9.17, 15) is 9.59 Å². The Labute approximate surface area is 187 Å². The number of carbonyl (C=O) groups excluding carboxylic acids is 2. The number of hydrogen-bond acceptors (Lipinski definition) is 2. The summed E-state index contributed by atoms with van der Waals surface area (Å²) in [6.07, 6.45) is 9.60. The van der Waals surface area contributed by atoms with Crippen molar-refractivity contribution in [1.82, 2.24) is 14.4 Å². The van der Waals surface area contributed by atoms with Gasteiger partial charge >= 0.3 is 0 Å². The fraction of sp³-hybridized carbons (Fsp3) is 0.538. The Kier molecular flexibility index (Phi) is 8.33. The van der Waals surface area contributed by atoms with Crippen LogP contribution in [-0.4, -0.2) is 45.3 Å². The predicted octanol–water partition coefficient (Wildman–Crippen LogP) is 4.80. The second-order valence-corrected chi connectivity index (χ2v) is 8.74. The number of hydrogen-bond donors (Lipinski definition) is 0. The van der Waals surface area contributed by atoms with Crippen LogP contribution in [0.3, 0.4) is 0 Å². The number of unbranched alkanes of at least 4 members (excludes halogenated alkanes) is 2. The van der Waals surface area contributed by atoms with Crippen LogP contribution in [0.15, 0.2) is 42.6 Å². The van der Waals surface area contributed by atoms with Crippen molar-refractivity contribution in [2.24, 2.45) is 7.05 Å².